The highest BCUT2D eigenvalue weighted by molar-refractivity contribution is 6.31. The maximum atomic E-state index is 14.8. The lowest BCUT2D eigenvalue weighted by Gasteiger charge is -2.25. The van der Waals surface area contributed by atoms with E-state index in [0.29, 0.717) is 24.0 Å². The standard InChI is InChI=1S/C30H26ClF3N6O3/c1-15-7-18(9-35-28(15)39-13-17-3-4-22(17)30(39)42)16(2)40-14-21(10-36-40)37-29(41)20-8-19(11-38(43)12-20)25-23(27(33)34)5-6-24(31)26(25)32/h5-12,14,16-17,22,27H,3-4,13H2,1-2H3,(H,37,41)/t16?,17-,22-/m1/s1. The average Bonchev–Trinajstić information content (AvgIpc) is 3.50. The summed E-state index contributed by atoms with van der Waals surface area (Å²) in [7, 11) is 0. The van der Waals surface area contributed by atoms with E-state index in [1.54, 1.807) is 22.0 Å². The smallest absolute Gasteiger partial charge is 0.264 e. The first-order valence-electron chi connectivity index (χ1n) is 13.7. The molecule has 2 aliphatic rings. The third kappa shape index (κ3) is 5.20. The number of nitrogens with one attached hydrogen (secondary N) is 1. The van der Waals surface area contributed by atoms with Crippen molar-refractivity contribution in [1.29, 1.82) is 0 Å². The zero-order chi connectivity index (χ0) is 30.6. The quantitative estimate of drug-likeness (QED) is 0.209. The molecular weight excluding hydrogens is 585 g/mol. The summed E-state index contributed by atoms with van der Waals surface area (Å²) in [5.74, 6) is -0.512. The lowest BCUT2D eigenvalue weighted by Crippen LogP contribution is -2.29. The highest BCUT2D eigenvalue weighted by Crippen LogP contribution is 2.43. The first-order valence-corrected chi connectivity index (χ1v) is 14.0. The van der Waals surface area contributed by atoms with Gasteiger partial charge in [-0.3, -0.25) is 19.2 Å². The van der Waals surface area contributed by atoms with Crippen molar-refractivity contribution in [2.75, 3.05) is 16.8 Å². The number of benzene rings is 1. The molecule has 1 aliphatic heterocycles. The second kappa shape index (κ2) is 11.0. The van der Waals surface area contributed by atoms with Gasteiger partial charge >= 0.3 is 0 Å². The summed E-state index contributed by atoms with van der Waals surface area (Å²) in [6, 6.07) is 4.81. The van der Waals surface area contributed by atoms with E-state index in [1.807, 2.05) is 19.9 Å². The number of rotatable bonds is 7. The number of carbonyl (C=O) groups excluding carboxylic acids is 2. The SMILES string of the molecule is Cc1cc(C(C)n2cc(NC(=O)c3cc(-c4c(C(F)F)ccc(Cl)c4F)c[n+]([O-])c3)cn2)cnc1N1C[C@H]2CC[C@H]2C1=O. The Kier molecular flexibility index (Phi) is 7.33. The largest absolute Gasteiger partial charge is 0.619 e. The van der Waals surface area contributed by atoms with Crippen molar-refractivity contribution in [3.63, 3.8) is 0 Å². The van der Waals surface area contributed by atoms with Crippen LogP contribution in [-0.4, -0.2) is 33.1 Å². The molecule has 9 nitrogen and oxygen atoms in total. The molecule has 0 spiro atoms. The summed E-state index contributed by atoms with van der Waals surface area (Å²) in [4.78, 5) is 32.1. The molecule has 1 saturated heterocycles. The van der Waals surface area contributed by atoms with Crippen LogP contribution in [0.5, 0.6) is 0 Å². The van der Waals surface area contributed by atoms with Crippen LogP contribution in [0.25, 0.3) is 11.1 Å². The lowest BCUT2D eigenvalue weighted by atomic mass is 9.76. The number of hydrogen-bond acceptors (Lipinski definition) is 5. The molecule has 13 heteroatoms. The highest BCUT2D eigenvalue weighted by atomic mass is 35.5. The summed E-state index contributed by atoms with van der Waals surface area (Å²) in [5.41, 5.74) is 0.393. The van der Waals surface area contributed by atoms with Crippen molar-refractivity contribution in [3.05, 3.63) is 93.6 Å². The van der Waals surface area contributed by atoms with Gasteiger partial charge < -0.3 is 10.5 Å². The first kappa shape index (κ1) is 28.7. The highest BCUT2D eigenvalue weighted by Gasteiger charge is 2.47. The Labute approximate surface area is 249 Å². The number of hydrogen-bond donors (Lipinski definition) is 1. The minimum Gasteiger partial charge on any atom is -0.619 e. The van der Waals surface area contributed by atoms with E-state index in [-0.39, 0.29) is 33.7 Å². The summed E-state index contributed by atoms with van der Waals surface area (Å²) in [6.45, 7) is 4.52. The monoisotopic (exact) mass is 610 g/mol. The van der Waals surface area contributed by atoms with Crippen molar-refractivity contribution in [2.45, 2.75) is 39.2 Å². The van der Waals surface area contributed by atoms with Crippen LogP contribution in [0, 0.1) is 29.8 Å². The Morgan fingerprint density at radius 1 is 1.21 bits per heavy atom. The molecule has 222 valence electrons. The van der Waals surface area contributed by atoms with Crippen molar-refractivity contribution < 1.29 is 27.5 Å². The topological polar surface area (TPSA) is 107 Å². The predicted molar refractivity (Wildman–Crippen MR) is 152 cm³/mol. The Hall–Kier alpha value is -4.45. The normalized spacial score (nSPS) is 18.5. The number of aromatic nitrogens is 4. The van der Waals surface area contributed by atoms with Gasteiger partial charge in [-0.25, -0.2) is 18.2 Å². The van der Waals surface area contributed by atoms with Crippen LogP contribution in [0.2, 0.25) is 5.02 Å². The predicted octanol–water partition coefficient (Wildman–Crippen LogP) is 5.85. The van der Waals surface area contributed by atoms with Gasteiger partial charge in [-0.1, -0.05) is 17.7 Å². The van der Waals surface area contributed by atoms with E-state index < -0.39 is 34.3 Å². The molecule has 43 heavy (non-hydrogen) atoms. The number of pyridine rings is 2. The molecule has 0 bridgehead atoms. The van der Waals surface area contributed by atoms with E-state index in [9.17, 15) is 28.0 Å². The molecule has 4 aromatic rings. The van der Waals surface area contributed by atoms with Gasteiger partial charge in [-0.15, -0.1) is 0 Å². The molecule has 2 amide bonds. The summed E-state index contributed by atoms with van der Waals surface area (Å²) < 4.78 is 43.9. The van der Waals surface area contributed by atoms with Crippen LogP contribution in [-0.2, 0) is 4.79 Å². The van der Waals surface area contributed by atoms with Crippen LogP contribution in [0.4, 0.5) is 24.7 Å². The van der Waals surface area contributed by atoms with E-state index in [4.69, 9.17) is 11.6 Å². The molecule has 3 aromatic heterocycles. The minimum atomic E-state index is -3.04. The molecule has 1 N–H and O–H groups in total. The van der Waals surface area contributed by atoms with E-state index >= 15 is 0 Å². The third-order valence-electron chi connectivity index (χ3n) is 8.24. The Morgan fingerprint density at radius 3 is 2.65 bits per heavy atom. The van der Waals surface area contributed by atoms with E-state index in [0.717, 1.165) is 54.6 Å². The average molecular weight is 611 g/mol. The Morgan fingerprint density at radius 2 is 2.00 bits per heavy atom. The molecule has 6 rings (SSSR count). The molecule has 4 heterocycles. The molecule has 0 radical (unpaired) electrons. The van der Waals surface area contributed by atoms with Crippen LogP contribution in [0.3, 0.4) is 0 Å². The van der Waals surface area contributed by atoms with Gasteiger partial charge in [0.1, 0.15) is 17.2 Å². The molecule has 1 aliphatic carbocycles. The number of halogens is 4. The third-order valence-corrected chi connectivity index (χ3v) is 8.53. The number of carbonyl (C=O) groups is 2. The van der Waals surface area contributed by atoms with Crippen LogP contribution >= 0.6 is 11.6 Å². The van der Waals surface area contributed by atoms with E-state index in [1.165, 1.54) is 6.20 Å². The fourth-order valence-electron chi connectivity index (χ4n) is 5.75. The second-order valence-corrected chi connectivity index (χ2v) is 11.3. The molecule has 1 aromatic carbocycles. The molecule has 1 unspecified atom stereocenters. The summed E-state index contributed by atoms with van der Waals surface area (Å²) >= 11 is 5.81. The van der Waals surface area contributed by atoms with Crippen molar-refractivity contribution >= 4 is 34.9 Å². The van der Waals surface area contributed by atoms with Crippen LogP contribution in [0.1, 0.15) is 59.3 Å². The lowest BCUT2D eigenvalue weighted by molar-refractivity contribution is -0.604. The van der Waals surface area contributed by atoms with Crippen molar-refractivity contribution in [1.82, 2.24) is 14.8 Å². The fraction of sp³-hybridized carbons (Fsp3) is 0.300. The second-order valence-electron chi connectivity index (χ2n) is 10.9. The van der Waals surface area contributed by atoms with Gasteiger partial charge in [0.05, 0.1) is 28.5 Å². The number of fused-ring (bicyclic) bond motifs is 1. The van der Waals surface area contributed by atoms with Crippen LogP contribution < -0.4 is 14.9 Å². The molecule has 2 fully saturated rings. The van der Waals surface area contributed by atoms with Crippen molar-refractivity contribution in [3.8, 4) is 11.1 Å². The van der Waals surface area contributed by atoms with Gasteiger partial charge in [0.15, 0.2) is 12.4 Å². The number of aryl methyl sites for hydroxylation is 1. The van der Waals surface area contributed by atoms with E-state index in [2.05, 4.69) is 15.4 Å². The zero-order valence-electron chi connectivity index (χ0n) is 23.1. The fourth-order valence-corrected chi connectivity index (χ4v) is 5.91. The number of nitrogens with zero attached hydrogens (tertiary/aromatic N) is 5. The van der Waals surface area contributed by atoms with Gasteiger partial charge in [0.25, 0.3) is 12.3 Å². The Bertz CT molecular complexity index is 1760. The minimum absolute atomic E-state index is 0.118. The summed E-state index contributed by atoms with van der Waals surface area (Å²) in [6.07, 6.45) is 5.53. The molecule has 1 saturated carbocycles. The van der Waals surface area contributed by atoms with Gasteiger partial charge in [-0.2, -0.15) is 9.83 Å². The first-order chi connectivity index (χ1) is 20.5. The van der Waals surface area contributed by atoms with Crippen molar-refractivity contribution in [2.24, 2.45) is 11.8 Å². The number of anilines is 2. The van der Waals surface area contributed by atoms with Crippen LogP contribution in [0.15, 0.2) is 55.2 Å². The van der Waals surface area contributed by atoms with Gasteiger partial charge in [0.2, 0.25) is 5.91 Å². The number of amides is 2. The summed E-state index contributed by atoms with van der Waals surface area (Å²) in [5, 5.41) is 18.9. The maximum Gasteiger partial charge on any atom is 0.264 e. The number of alkyl halides is 2. The molecular formula is C30H26ClF3N6O3. The Balaban J connectivity index is 1.20. The zero-order valence-corrected chi connectivity index (χ0v) is 23.9. The van der Waals surface area contributed by atoms with Gasteiger partial charge in [0, 0.05) is 36.0 Å². The van der Waals surface area contributed by atoms with Gasteiger partial charge in [-0.05, 0) is 61.9 Å². The maximum absolute atomic E-state index is 14.8. The molecule has 3 atom stereocenters.